The number of hydrogen-bond acceptors (Lipinski definition) is 5. The molecule has 1 amide bonds. The molecule has 2 atom stereocenters. The van der Waals surface area contributed by atoms with Gasteiger partial charge in [0.25, 0.3) is 0 Å². The molecule has 2 unspecified atom stereocenters. The van der Waals surface area contributed by atoms with Gasteiger partial charge in [0.05, 0.1) is 5.92 Å². The Morgan fingerprint density at radius 3 is 2.72 bits per heavy atom. The van der Waals surface area contributed by atoms with Gasteiger partial charge in [-0.05, 0) is 32.4 Å². The van der Waals surface area contributed by atoms with Gasteiger partial charge in [0.15, 0.2) is 0 Å². The summed E-state index contributed by atoms with van der Waals surface area (Å²) in [6, 6.07) is 4.15. The monoisotopic (exact) mass is 349 g/mol. The Labute approximate surface area is 144 Å². The van der Waals surface area contributed by atoms with Crippen molar-refractivity contribution in [3.63, 3.8) is 0 Å². The summed E-state index contributed by atoms with van der Waals surface area (Å²) in [6.45, 7) is 4.82. The highest BCUT2D eigenvalue weighted by atomic mass is 19.1. The van der Waals surface area contributed by atoms with Gasteiger partial charge in [0, 0.05) is 24.4 Å². The van der Waals surface area contributed by atoms with Gasteiger partial charge < -0.3 is 14.9 Å². The van der Waals surface area contributed by atoms with Gasteiger partial charge in [-0.25, -0.2) is 4.39 Å². The third kappa shape index (κ3) is 4.85. The maximum atomic E-state index is 13.6. The van der Waals surface area contributed by atoms with E-state index < -0.39 is 17.9 Å². The van der Waals surface area contributed by atoms with Crippen molar-refractivity contribution < 1.29 is 23.6 Å². The molecule has 0 aliphatic carbocycles. The van der Waals surface area contributed by atoms with Crippen molar-refractivity contribution in [3.05, 3.63) is 35.5 Å². The molecule has 1 heterocycles. The van der Waals surface area contributed by atoms with E-state index in [0.717, 1.165) is 0 Å². The normalized spacial score (nSPS) is 13.3. The molecule has 0 saturated carbocycles. The summed E-state index contributed by atoms with van der Waals surface area (Å²) in [5.74, 6) is -1.81. The minimum Gasteiger partial charge on any atom is -0.481 e. The number of carbonyl (C=O) groups excluding carboxylic acids is 1. The van der Waals surface area contributed by atoms with E-state index in [4.69, 9.17) is 9.63 Å². The quantitative estimate of drug-likeness (QED) is 0.795. The van der Waals surface area contributed by atoms with Gasteiger partial charge in [-0.2, -0.15) is 4.98 Å². The lowest BCUT2D eigenvalue weighted by molar-refractivity contribution is -0.142. The van der Waals surface area contributed by atoms with Crippen LogP contribution in [0.3, 0.4) is 0 Å². The van der Waals surface area contributed by atoms with Crippen LogP contribution in [-0.4, -0.2) is 33.2 Å². The Balaban J connectivity index is 1.92. The number of benzene rings is 1. The Morgan fingerprint density at radius 1 is 1.36 bits per heavy atom. The average molecular weight is 349 g/mol. The molecule has 0 bridgehead atoms. The first-order chi connectivity index (χ1) is 11.8. The van der Waals surface area contributed by atoms with Crippen LogP contribution in [0.5, 0.6) is 0 Å². The number of carboxylic acid groups (broad SMARTS) is 1. The topological polar surface area (TPSA) is 105 Å². The SMILES string of the molecule is Cc1ccc(-c2noc(CCC(=O)NC(C)C(C)C(=O)O)n2)cc1F. The molecule has 0 radical (unpaired) electrons. The molecule has 0 aliphatic rings. The van der Waals surface area contributed by atoms with Crippen LogP contribution in [0.2, 0.25) is 0 Å². The van der Waals surface area contributed by atoms with Crippen LogP contribution in [0.25, 0.3) is 11.4 Å². The highest BCUT2D eigenvalue weighted by Gasteiger charge is 2.21. The summed E-state index contributed by atoms with van der Waals surface area (Å²) in [4.78, 5) is 26.9. The molecule has 0 aliphatic heterocycles. The molecule has 0 saturated heterocycles. The van der Waals surface area contributed by atoms with Crippen molar-refractivity contribution in [3.8, 4) is 11.4 Å². The third-order valence-corrected chi connectivity index (χ3v) is 3.99. The predicted molar refractivity (Wildman–Crippen MR) is 87.2 cm³/mol. The second kappa shape index (κ2) is 7.87. The van der Waals surface area contributed by atoms with Gasteiger partial charge in [-0.1, -0.05) is 17.3 Å². The van der Waals surface area contributed by atoms with Crippen molar-refractivity contribution in [1.82, 2.24) is 15.5 Å². The molecular weight excluding hydrogens is 329 g/mol. The van der Waals surface area contributed by atoms with Gasteiger partial charge in [-0.3, -0.25) is 9.59 Å². The van der Waals surface area contributed by atoms with E-state index in [2.05, 4.69) is 15.5 Å². The number of aliphatic carboxylic acids is 1. The summed E-state index contributed by atoms with van der Waals surface area (Å²) in [6.07, 6.45) is 0.294. The summed E-state index contributed by atoms with van der Waals surface area (Å²) in [5, 5.41) is 15.3. The number of nitrogens with one attached hydrogen (secondary N) is 1. The summed E-state index contributed by atoms with van der Waals surface area (Å²) in [5.41, 5.74) is 1.01. The number of amides is 1. The maximum Gasteiger partial charge on any atom is 0.308 e. The van der Waals surface area contributed by atoms with Crippen LogP contribution < -0.4 is 5.32 Å². The maximum absolute atomic E-state index is 13.6. The Bertz CT molecular complexity index is 775. The van der Waals surface area contributed by atoms with E-state index >= 15 is 0 Å². The zero-order chi connectivity index (χ0) is 18.6. The number of aromatic nitrogens is 2. The number of carbonyl (C=O) groups is 2. The molecule has 2 aromatic rings. The smallest absolute Gasteiger partial charge is 0.308 e. The average Bonchev–Trinajstić information content (AvgIpc) is 3.03. The van der Waals surface area contributed by atoms with Crippen LogP contribution in [-0.2, 0) is 16.0 Å². The molecular formula is C17H20FN3O4. The van der Waals surface area contributed by atoms with Gasteiger partial charge >= 0.3 is 5.97 Å². The minimum absolute atomic E-state index is 0.0839. The van der Waals surface area contributed by atoms with E-state index in [1.165, 1.54) is 13.0 Å². The molecule has 134 valence electrons. The number of aryl methyl sites for hydroxylation is 2. The van der Waals surface area contributed by atoms with Crippen LogP contribution in [0.15, 0.2) is 22.7 Å². The fourth-order valence-electron chi connectivity index (χ4n) is 2.09. The Morgan fingerprint density at radius 2 is 2.08 bits per heavy atom. The van der Waals surface area contributed by atoms with Crippen molar-refractivity contribution in [1.29, 1.82) is 0 Å². The highest BCUT2D eigenvalue weighted by Crippen LogP contribution is 2.19. The molecule has 0 spiro atoms. The van der Waals surface area contributed by atoms with Gasteiger partial charge in [-0.15, -0.1) is 0 Å². The molecule has 2 rings (SSSR count). The molecule has 25 heavy (non-hydrogen) atoms. The lowest BCUT2D eigenvalue weighted by Crippen LogP contribution is -2.40. The lowest BCUT2D eigenvalue weighted by atomic mass is 10.0. The number of halogens is 1. The fourth-order valence-corrected chi connectivity index (χ4v) is 2.09. The second-order valence-electron chi connectivity index (χ2n) is 5.96. The highest BCUT2D eigenvalue weighted by molar-refractivity contribution is 5.78. The van der Waals surface area contributed by atoms with Crippen molar-refractivity contribution in [2.45, 2.75) is 39.7 Å². The van der Waals surface area contributed by atoms with Crippen LogP contribution in [0.1, 0.15) is 31.7 Å². The van der Waals surface area contributed by atoms with E-state index in [1.54, 1.807) is 26.0 Å². The number of hydrogen-bond donors (Lipinski definition) is 2. The zero-order valence-electron chi connectivity index (χ0n) is 14.2. The van der Waals surface area contributed by atoms with E-state index in [0.29, 0.717) is 11.1 Å². The van der Waals surface area contributed by atoms with Crippen molar-refractivity contribution >= 4 is 11.9 Å². The predicted octanol–water partition coefficient (Wildman–Crippen LogP) is 2.34. The Kier molecular flexibility index (Phi) is 5.84. The van der Waals surface area contributed by atoms with Crippen molar-refractivity contribution in [2.75, 3.05) is 0 Å². The first kappa shape index (κ1) is 18.6. The standard InChI is InChI=1S/C17H20FN3O4/c1-9-4-5-12(8-13(9)18)16-20-15(25-21-16)7-6-14(22)19-11(3)10(2)17(23)24/h4-5,8,10-11H,6-7H2,1-3H3,(H,19,22)(H,23,24). The molecule has 2 N–H and O–H groups in total. The van der Waals surface area contributed by atoms with Gasteiger partial charge in [0.2, 0.25) is 17.6 Å². The number of carboxylic acids is 1. The molecule has 1 aromatic heterocycles. The summed E-state index contributed by atoms with van der Waals surface area (Å²) < 4.78 is 18.7. The first-order valence-corrected chi connectivity index (χ1v) is 7.89. The van der Waals surface area contributed by atoms with E-state index in [1.807, 2.05) is 0 Å². The summed E-state index contributed by atoms with van der Waals surface area (Å²) >= 11 is 0. The van der Waals surface area contributed by atoms with Gasteiger partial charge in [0.1, 0.15) is 5.82 Å². The third-order valence-electron chi connectivity index (χ3n) is 3.99. The first-order valence-electron chi connectivity index (χ1n) is 7.89. The van der Waals surface area contributed by atoms with Crippen molar-refractivity contribution in [2.24, 2.45) is 5.92 Å². The number of nitrogens with zero attached hydrogens (tertiary/aromatic N) is 2. The van der Waals surface area contributed by atoms with Crippen LogP contribution in [0, 0.1) is 18.7 Å². The summed E-state index contributed by atoms with van der Waals surface area (Å²) in [7, 11) is 0. The van der Waals surface area contributed by atoms with Crippen LogP contribution >= 0.6 is 0 Å². The largest absolute Gasteiger partial charge is 0.481 e. The minimum atomic E-state index is -0.973. The van der Waals surface area contributed by atoms with E-state index in [9.17, 15) is 14.0 Å². The second-order valence-corrected chi connectivity index (χ2v) is 5.96. The number of rotatable bonds is 7. The lowest BCUT2D eigenvalue weighted by Gasteiger charge is -2.17. The molecule has 0 fully saturated rings. The van der Waals surface area contributed by atoms with Crippen LogP contribution in [0.4, 0.5) is 4.39 Å². The van der Waals surface area contributed by atoms with E-state index in [-0.39, 0.29) is 36.3 Å². The molecule has 1 aromatic carbocycles. The Hall–Kier alpha value is -2.77. The zero-order valence-corrected chi connectivity index (χ0v) is 14.2. The fraction of sp³-hybridized carbons (Fsp3) is 0.412. The molecule has 8 heteroatoms. The molecule has 7 nitrogen and oxygen atoms in total.